The Kier molecular flexibility index (Phi) is 5.44. The quantitative estimate of drug-likeness (QED) is 0.358. The smallest absolute Gasteiger partial charge is 0.270 e. The van der Waals surface area contributed by atoms with Crippen LogP contribution in [0.3, 0.4) is 0 Å². The van der Waals surface area contributed by atoms with Gasteiger partial charge in [0.05, 0.1) is 4.92 Å². The zero-order chi connectivity index (χ0) is 22.0. The van der Waals surface area contributed by atoms with Crippen LogP contribution in [0.5, 0.6) is 0 Å². The summed E-state index contributed by atoms with van der Waals surface area (Å²) in [4.78, 5) is 31.7. The van der Waals surface area contributed by atoms with Crippen LogP contribution in [0.2, 0.25) is 0 Å². The predicted molar refractivity (Wildman–Crippen MR) is 112 cm³/mol. The Morgan fingerprint density at radius 2 is 2.13 bits per heavy atom. The van der Waals surface area contributed by atoms with E-state index in [9.17, 15) is 14.9 Å². The van der Waals surface area contributed by atoms with Gasteiger partial charge in [-0.2, -0.15) is 4.98 Å². The highest BCUT2D eigenvalue weighted by Crippen LogP contribution is 2.24. The molecule has 0 saturated carbocycles. The molecule has 1 amide bonds. The molecule has 158 valence electrons. The van der Waals surface area contributed by atoms with Gasteiger partial charge in [-0.1, -0.05) is 19.0 Å². The molecule has 1 atom stereocenters. The number of rotatable bonds is 7. The number of non-ortho nitro benzene ring substituents is 1. The Morgan fingerprint density at radius 3 is 2.84 bits per heavy atom. The molecule has 0 aliphatic rings. The number of aromatic nitrogens is 4. The molecular weight excluding hydrogens is 400 g/mol. The highest BCUT2D eigenvalue weighted by Gasteiger charge is 2.25. The van der Waals surface area contributed by atoms with Crippen LogP contribution in [0.25, 0.3) is 22.3 Å². The lowest BCUT2D eigenvalue weighted by molar-refractivity contribution is -0.384. The predicted octanol–water partition coefficient (Wildman–Crippen LogP) is 3.51. The van der Waals surface area contributed by atoms with Crippen molar-refractivity contribution in [1.29, 1.82) is 0 Å². The van der Waals surface area contributed by atoms with Gasteiger partial charge >= 0.3 is 0 Å². The molecule has 3 aromatic heterocycles. The van der Waals surface area contributed by atoms with E-state index in [0.29, 0.717) is 17.1 Å². The zero-order valence-electron chi connectivity index (χ0n) is 16.9. The van der Waals surface area contributed by atoms with Gasteiger partial charge in [-0.05, 0) is 30.2 Å². The lowest BCUT2D eigenvalue weighted by Crippen LogP contribution is -2.34. The molecule has 4 aromatic rings. The van der Waals surface area contributed by atoms with Crippen molar-refractivity contribution in [2.75, 3.05) is 0 Å². The second kappa shape index (κ2) is 8.34. The third kappa shape index (κ3) is 4.27. The van der Waals surface area contributed by atoms with Gasteiger partial charge in [0.1, 0.15) is 12.6 Å². The van der Waals surface area contributed by atoms with Gasteiger partial charge in [0.2, 0.25) is 17.6 Å². The van der Waals surface area contributed by atoms with Crippen LogP contribution < -0.4 is 5.32 Å². The van der Waals surface area contributed by atoms with Gasteiger partial charge < -0.3 is 14.4 Å². The average Bonchev–Trinajstić information content (AvgIpc) is 3.40. The fourth-order valence-corrected chi connectivity index (χ4v) is 3.30. The molecule has 31 heavy (non-hydrogen) atoms. The summed E-state index contributed by atoms with van der Waals surface area (Å²) >= 11 is 0. The minimum absolute atomic E-state index is 0.00945. The van der Waals surface area contributed by atoms with Crippen LogP contribution in [0.1, 0.15) is 25.8 Å². The van der Waals surface area contributed by atoms with Gasteiger partial charge in [-0.15, -0.1) is 0 Å². The first kappa shape index (κ1) is 20.2. The van der Waals surface area contributed by atoms with Crippen LogP contribution in [-0.4, -0.2) is 30.5 Å². The molecule has 0 fully saturated rings. The van der Waals surface area contributed by atoms with Crippen molar-refractivity contribution in [3.05, 3.63) is 71.0 Å². The maximum Gasteiger partial charge on any atom is 0.270 e. The van der Waals surface area contributed by atoms with E-state index in [4.69, 9.17) is 4.52 Å². The van der Waals surface area contributed by atoms with E-state index in [1.54, 1.807) is 41.4 Å². The van der Waals surface area contributed by atoms with Crippen LogP contribution >= 0.6 is 0 Å². The van der Waals surface area contributed by atoms with E-state index in [1.165, 1.54) is 12.1 Å². The van der Waals surface area contributed by atoms with Crippen LogP contribution in [0.15, 0.2) is 59.5 Å². The van der Waals surface area contributed by atoms with Gasteiger partial charge in [0.15, 0.2) is 0 Å². The van der Waals surface area contributed by atoms with Crippen molar-refractivity contribution in [2.45, 2.75) is 26.4 Å². The summed E-state index contributed by atoms with van der Waals surface area (Å²) in [7, 11) is 0. The van der Waals surface area contributed by atoms with Crippen molar-refractivity contribution in [3.63, 3.8) is 0 Å². The molecule has 1 unspecified atom stereocenters. The number of nitro benzene ring substituents is 1. The second-order valence-corrected chi connectivity index (χ2v) is 7.43. The normalized spacial score (nSPS) is 12.2. The summed E-state index contributed by atoms with van der Waals surface area (Å²) in [6.45, 7) is 3.94. The summed E-state index contributed by atoms with van der Waals surface area (Å²) in [6.07, 6.45) is 5.02. The fourth-order valence-electron chi connectivity index (χ4n) is 3.30. The number of carbonyl (C=O) groups excluding carboxylic acids is 1. The van der Waals surface area contributed by atoms with E-state index in [-0.39, 0.29) is 24.1 Å². The third-order valence-corrected chi connectivity index (χ3v) is 4.89. The van der Waals surface area contributed by atoms with E-state index in [0.717, 1.165) is 11.1 Å². The largest absolute Gasteiger partial charge is 0.342 e. The summed E-state index contributed by atoms with van der Waals surface area (Å²) in [5, 5.41) is 18.6. The number of benzene rings is 1. The Balaban J connectivity index is 1.50. The number of nitrogens with one attached hydrogen (secondary N) is 1. The van der Waals surface area contributed by atoms with Crippen molar-refractivity contribution in [3.8, 4) is 11.4 Å². The molecule has 10 nitrogen and oxygen atoms in total. The first-order valence-electron chi connectivity index (χ1n) is 9.69. The number of nitro groups is 1. The summed E-state index contributed by atoms with van der Waals surface area (Å²) < 4.78 is 7.15. The minimum atomic E-state index is -0.465. The molecule has 0 radical (unpaired) electrons. The van der Waals surface area contributed by atoms with E-state index < -0.39 is 11.0 Å². The SMILES string of the molecule is CC(C)C(NC(=O)Cn1ccc2cc([N+](=O)[O-])ccc21)c1nc(-c2cccnc2)no1. The molecule has 10 heteroatoms. The Morgan fingerprint density at radius 1 is 1.29 bits per heavy atom. The Bertz CT molecular complexity index is 1230. The van der Waals surface area contributed by atoms with Gasteiger partial charge in [-0.3, -0.25) is 19.9 Å². The maximum absolute atomic E-state index is 12.8. The zero-order valence-corrected chi connectivity index (χ0v) is 16.9. The molecule has 1 N–H and O–H groups in total. The molecular formula is C21H20N6O4. The lowest BCUT2D eigenvalue weighted by atomic mass is 10.0. The number of pyridine rings is 1. The first-order chi connectivity index (χ1) is 14.9. The first-order valence-corrected chi connectivity index (χ1v) is 9.69. The average molecular weight is 420 g/mol. The van der Waals surface area contributed by atoms with Crippen molar-refractivity contribution < 1.29 is 14.2 Å². The van der Waals surface area contributed by atoms with Crippen LogP contribution in [0, 0.1) is 16.0 Å². The van der Waals surface area contributed by atoms with Crippen LogP contribution in [0.4, 0.5) is 5.69 Å². The molecule has 0 saturated heterocycles. The molecule has 4 rings (SSSR count). The van der Waals surface area contributed by atoms with Gasteiger partial charge in [0.25, 0.3) is 5.69 Å². The summed E-state index contributed by atoms with van der Waals surface area (Å²) in [5.41, 5.74) is 1.47. The minimum Gasteiger partial charge on any atom is -0.342 e. The highest BCUT2D eigenvalue weighted by molar-refractivity contribution is 5.85. The molecule has 1 aromatic carbocycles. The molecule has 0 spiro atoms. The van der Waals surface area contributed by atoms with Crippen LogP contribution in [-0.2, 0) is 11.3 Å². The molecule has 3 heterocycles. The van der Waals surface area contributed by atoms with Crippen molar-refractivity contribution >= 4 is 22.5 Å². The number of nitrogens with zero attached hydrogens (tertiary/aromatic N) is 5. The van der Waals surface area contributed by atoms with Gasteiger partial charge in [-0.25, -0.2) is 0 Å². The van der Waals surface area contributed by atoms with E-state index in [1.807, 2.05) is 19.9 Å². The number of amides is 1. The van der Waals surface area contributed by atoms with Crippen molar-refractivity contribution in [1.82, 2.24) is 25.0 Å². The maximum atomic E-state index is 12.8. The molecule has 0 aliphatic carbocycles. The highest BCUT2D eigenvalue weighted by atomic mass is 16.6. The van der Waals surface area contributed by atoms with E-state index >= 15 is 0 Å². The van der Waals surface area contributed by atoms with E-state index in [2.05, 4.69) is 20.4 Å². The summed E-state index contributed by atoms with van der Waals surface area (Å²) in [6, 6.07) is 9.43. The number of hydrogen-bond acceptors (Lipinski definition) is 7. The number of fused-ring (bicyclic) bond motifs is 1. The summed E-state index contributed by atoms with van der Waals surface area (Å²) in [5.74, 6) is 0.488. The lowest BCUT2D eigenvalue weighted by Gasteiger charge is -2.19. The molecule has 0 aliphatic heterocycles. The van der Waals surface area contributed by atoms with Crippen molar-refractivity contribution in [2.24, 2.45) is 5.92 Å². The Labute approximate surface area is 177 Å². The standard InChI is InChI=1S/C21H20N6O4/c1-13(2)19(21-24-20(25-31-21)15-4-3-8-22-11-15)23-18(28)12-26-9-7-14-10-16(27(29)30)5-6-17(14)26/h3-11,13,19H,12H2,1-2H3,(H,23,28). The monoisotopic (exact) mass is 420 g/mol. The fraction of sp³-hybridized carbons (Fsp3) is 0.238. The topological polar surface area (TPSA) is 129 Å². The van der Waals surface area contributed by atoms with Gasteiger partial charge in [0, 0.05) is 47.2 Å². The number of hydrogen-bond donors (Lipinski definition) is 1. The number of carbonyl (C=O) groups is 1. The molecule has 0 bridgehead atoms. The Hall–Kier alpha value is -4.08. The second-order valence-electron chi connectivity index (χ2n) is 7.43. The third-order valence-electron chi connectivity index (χ3n) is 4.89.